The van der Waals surface area contributed by atoms with Gasteiger partial charge in [0.05, 0.1) is 0 Å². The minimum absolute atomic E-state index is 0. The van der Waals surface area contributed by atoms with Gasteiger partial charge in [-0.25, -0.2) is 0 Å². The summed E-state index contributed by atoms with van der Waals surface area (Å²) in [6.45, 7) is 0. The first-order valence-corrected chi connectivity index (χ1v) is 8.60. The molecule has 0 fully saturated rings. The Bertz CT molecular complexity index is 1120. The van der Waals surface area contributed by atoms with Crippen molar-refractivity contribution < 1.29 is 20.1 Å². The molecule has 1 radical (unpaired) electrons. The Balaban J connectivity index is 0.00000180. The fraction of sp³-hybridized carbons (Fsp3) is 0. The van der Waals surface area contributed by atoms with Crippen molar-refractivity contribution in [3.05, 3.63) is 97.3 Å². The molecule has 3 aromatic carbocycles. The molecule has 2 nitrogen and oxygen atoms in total. The zero-order valence-corrected chi connectivity index (χ0v) is 16.8. The molecule has 0 spiro atoms. The molecule has 2 heterocycles. The van der Waals surface area contributed by atoms with Crippen molar-refractivity contribution in [2.45, 2.75) is 0 Å². The largest absolute Gasteiger partial charge is 0.304 e. The van der Waals surface area contributed by atoms with Gasteiger partial charge in [-0.3, -0.25) is 4.98 Å². The Hall–Kier alpha value is -2.87. The minimum atomic E-state index is 0. The van der Waals surface area contributed by atoms with E-state index in [0.717, 1.165) is 33.3 Å². The summed E-state index contributed by atoms with van der Waals surface area (Å²) in [5.74, 6) is 0. The van der Waals surface area contributed by atoms with Crippen molar-refractivity contribution in [2.24, 2.45) is 0 Å². The maximum Gasteiger partial charge on any atom is 0.0367 e. The molecular formula is C24H15IrN2-. The molecule has 2 aromatic heterocycles. The first-order chi connectivity index (χ1) is 12.9. The van der Waals surface area contributed by atoms with Gasteiger partial charge in [-0.2, -0.15) is 0 Å². The molecule has 0 atom stereocenters. The van der Waals surface area contributed by atoms with E-state index >= 15 is 0 Å². The monoisotopic (exact) mass is 524 g/mol. The summed E-state index contributed by atoms with van der Waals surface area (Å²) in [5.41, 5.74) is 3.99. The van der Waals surface area contributed by atoms with Gasteiger partial charge in [0.2, 0.25) is 0 Å². The molecule has 5 aromatic rings. The van der Waals surface area contributed by atoms with Crippen LogP contribution in [0.2, 0.25) is 0 Å². The standard InChI is InChI=1S/C24H15N2.Ir/c1-3-7-21-17(5-1)13-15-25-23(21)19-9-11-20(12-10-19)24-22-8-4-2-6-18(22)14-16-26-24;/h1-11,13-16H;/q-1;. The van der Waals surface area contributed by atoms with E-state index in [2.05, 4.69) is 52.4 Å². The van der Waals surface area contributed by atoms with Crippen LogP contribution < -0.4 is 0 Å². The van der Waals surface area contributed by atoms with Crippen LogP contribution in [0.4, 0.5) is 0 Å². The number of fused-ring (bicyclic) bond motifs is 2. The number of benzene rings is 3. The topological polar surface area (TPSA) is 25.8 Å². The van der Waals surface area contributed by atoms with Gasteiger partial charge in [-0.1, -0.05) is 54.1 Å². The van der Waals surface area contributed by atoms with Crippen LogP contribution in [0.3, 0.4) is 0 Å². The van der Waals surface area contributed by atoms with Crippen LogP contribution in [-0.2, 0) is 20.1 Å². The molecule has 0 aliphatic rings. The first-order valence-electron chi connectivity index (χ1n) is 8.60. The van der Waals surface area contributed by atoms with E-state index in [1.54, 1.807) is 0 Å². The predicted molar refractivity (Wildman–Crippen MR) is 107 cm³/mol. The van der Waals surface area contributed by atoms with Crippen molar-refractivity contribution in [2.75, 3.05) is 0 Å². The summed E-state index contributed by atoms with van der Waals surface area (Å²) in [4.78, 5) is 9.18. The number of pyridine rings is 2. The third-order valence-electron chi connectivity index (χ3n) is 4.69. The van der Waals surface area contributed by atoms with Crippen LogP contribution >= 0.6 is 0 Å². The van der Waals surface area contributed by atoms with E-state index in [1.165, 1.54) is 10.8 Å². The Morgan fingerprint density at radius 2 is 1.19 bits per heavy atom. The van der Waals surface area contributed by atoms with Crippen molar-refractivity contribution in [1.82, 2.24) is 9.97 Å². The molecule has 0 aliphatic heterocycles. The van der Waals surface area contributed by atoms with Crippen LogP contribution in [0.25, 0.3) is 44.1 Å². The molecular weight excluding hydrogens is 508 g/mol. The van der Waals surface area contributed by atoms with Gasteiger partial charge >= 0.3 is 0 Å². The second-order valence-corrected chi connectivity index (χ2v) is 6.25. The Morgan fingerprint density at radius 3 is 1.81 bits per heavy atom. The first kappa shape index (κ1) is 17.5. The average Bonchev–Trinajstić information content (AvgIpc) is 2.73. The molecule has 0 bridgehead atoms. The van der Waals surface area contributed by atoms with Crippen LogP contribution in [0.15, 0.2) is 91.3 Å². The zero-order chi connectivity index (χ0) is 17.3. The average molecular weight is 524 g/mol. The molecule has 5 rings (SSSR count). The quantitative estimate of drug-likeness (QED) is 0.269. The summed E-state index contributed by atoms with van der Waals surface area (Å²) in [7, 11) is 0. The molecule has 0 saturated carbocycles. The fourth-order valence-corrected chi connectivity index (χ4v) is 3.40. The summed E-state index contributed by atoms with van der Waals surface area (Å²) < 4.78 is 0. The maximum absolute atomic E-state index is 4.59. The van der Waals surface area contributed by atoms with Gasteiger partial charge in [-0.15, -0.1) is 29.8 Å². The zero-order valence-electron chi connectivity index (χ0n) is 14.4. The number of nitrogens with zero attached hydrogens (tertiary/aromatic N) is 2. The van der Waals surface area contributed by atoms with E-state index in [0.29, 0.717) is 0 Å². The molecule has 131 valence electrons. The van der Waals surface area contributed by atoms with Gasteiger partial charge in [0, 0.05) is 38.2 Å². The third-order valence-corrected chi connectivity index (χ3v) is 4.69. The molecule has 0 aliphatic carbocycles. The van der Waals surface area contributed by atoms with Gasteiger partial charge < -0.3 is 4.98 Å². The Kier molecular flexibility index (Phi) is 4.81. The van der Waals surface area contributed by atoms with E-state index in [4.69, 9.17) is 0 Å². The Labute approximate surface area is 171 Å². The summed E-state index contributed by atoms with van der Waals surface area (Å²) >= 11 is 0. The SMILES string of the molecule is [Ir].[c-]1cc(-c2nccc3ccccc23)ccc1-c1nccc2ccccc12. The van der Waals surface area contributed by atoms with E-state index < -0.39 is 0 Å². The van der Waals surface area contributed by atoms with Crippen LogP contribution in [0.5, 0.6) is 0 Å². The smallest absolute Gasteiger partial charge is 0.0367 e. The van der Waals surface area contributed by atoms with E-state index in [9.17, 15) is 0 Å². The van der Waals surface area contributed by atoms with Crippen molar-refractivity contribution >= 4 is 21.5 Å². The summed E-state index contributed by atoms with van der Waals surface area (Å²) in [6.07, 6.45) is 3.71. The molecule has 0 amide bonds. The van der Waals surface area contributed by atoms with Crippen molar-refractivity contribution in [3.8, 4) is 22.5 Å². The summed E-state index contributed by atoms with van der Waals surface area (Å²) in [6, 6.07) is 30.3. The fourth-order valence-electron chi connectivity index (χ4n) is 3.40. The number of hydrogen-bond donors (Lipinski definition) is 0. The van der Waals surface area contributed by atoms with Crippen LogP contribution in [0.1, 0.15) is 0 Å². The molecule has 0 saturated heterocycles. The maximum atomic E-state index is 4.59. The second kappa shape index (κ2) is 7.40. The van der Waals surface area contributed by atoms with Gasteiger partial charge in [-0.05, 0) is 39.4 Å². The Morgan fingerprint density at radius 1 is 0.593 bits per heavy atom. The minimum Gasteiger partial charge on any atom is -0.304 e. The summed E-state index contributed by atoms with van der Waals surface area (Å²) in [5, 5.41) is 4.67. The number of rotatable bonds is 2. The number of hydrogen-bond acceptors (Lipinski definition) is 2. The molecule has 0 unspecified atom stereocenters. The number of aromatic nitrogens is 2. The molecule has 27 heavy (non-hydrogen) atoms. The predicted octanol–water partition coefficient (Wildman–Crippen LogP) is 5.91. The van der Waals surface area contributed by atoms with Gasteiger partial charge in [0.25, 0.3) is 0 Å². The second-order valence-electron chi connectivity index (χ2n) is 6.25. The van der Waals surface area contributed by atoms with Gasteiger partial charge in [0.15, 0.2) is 0 Å². The normalized spacial score (nSPS) is 10.7. The van der Waals surface area contributed by atoms with Crippen molar-refractivity contribution in [1.29, 1.82) is 0 Å². The van der Waals surface area contributed by atoms with E-state index in [1.807, 2.05) is 54.9 Å². The third kappa shape index (κ3) is 3.16. The van der Waals surface area contributed by atoms with Crippen molar-refractivity contribution in [3.63, 3.8) is 0 Å². The molecule has 0 N–H and O–H groups in total. The van der Waals surface area contributed by atoms with Gasteiger partial charge in [0.1, 0.15) is 0 Å². The van der Waals surface area contributed by atoms with Crippen LogP contribution in [-0.4, -0.2) is 9.97 Å². The van der Waals surface area contributed by atoms with E-state index in [-0.39, 0.29) is 20.1 Å². The van der Waals surface area contributed by atoms with Crippen LogP contribution in [0, 0.1) is 6.07 Å². The molecule has 3 heteroatoms.